The van der Waals surface area contributed by atoms with Crippen molar-refractivity contribution in [1.82, 2.24) is 29.2 Å². The Bertz CT molecular complexity index is 2110. The number of aryl methyl sites for hydroxylation is 1. The fourth-order valence-electron chi connectivity index (χ4n) is 6.06. The molecule has 1 aliphatic heterocycles. The molecule has 9 nitrogen and oxygen atoms in total. The van der Waals surface area contributed by atoms with Gasteiger partial charge >= 0.3 is 0 Å². The normalized spacial score (nSPS) is 15.4. The Morgan fingerprint density at radius 3 is 2.84 bits per heavy atom. The van der Waals surface area contributed by atoms with Gasteiger partial charge in [-0.25, -0.2) is 14.4 Å². The van der Waals surface area contributed by atoms with Gasteiger partial charge in [-0.3, -0.25) is 9.48 Å². The smallest absolute Gasteiger partial charge is 0.246 e. The summed E-state index contributed by atoms with van der Waals surface area (Å²) in [7, 11) is 1.95. The van der Waals surface area contributed by atoms with Crippen LogP contribution in [0.1, 0.15) is 25.6 Å². The number of fused-ring (bicyclic) bond motifs is 3. The summed E-state index contributed by atoms with van der Waals surface area (Å²) in [6.45, 7) is 8.23. The Morgan fingerprint density at radius 2 is 2.04 bits per heavy atom. The van der Waals surface area contributed by atoms with Gasteiger partial charge in [-0.15, -0.1) is 11.3 Å². The van der Waals surface area contributed by atoms with E-state index in [1.54, 1.807) is 30.3 Å². The number of hydrogen-bond acceptors (Lipinski definition) is 7. The van der Waals surface area contributed by atoms with Crippen molar-refractivity contribution in [2.45, 2.75) is 32.5 Å². The molecule has 228 valence electrons. The average Bonchev–Trinajstić information content (AvgIpc) is 3.78. The fraction of sp³-hybridized carbons (Fsp3) is 0.235. The molecule has 2 atom stereocenters. The molecule has 0 spiro atoms. The third-order valence-corrected chi connectivity index (χ3v) is 9.20. The number of rotatable bonds is 7. The molecule has 0 saturated carbocycles. The number of thiophene rings is 1. The minimum Gasteiger partial charge on any atom is -0.490 e. The number of hydrogen-bond donors (Lipinski definition) is 1. The average molecular weight is 623 g/mol. The van der Waals surface area contributed by atoms with E-state index in [0.717, 1.165) is 38.1 Å². The van der Waals surface area contributed by atoms with Crippen molar-refractivity contribution in [3.05, 3.63) is 84.4 Å². The number of aliphatic hydroxyl groups is 1. The van der Waals surface area contributed by atoms with Gasteiger partial charge in [-0.2, -0.15) is 5.10 Å². The van der Waals surface area contributed by atoms with Crippen LogP contribution in [0.25, 0.3) is 54.9 Å². The van der Waals surface area contributed by atoms with Crippen LogP contribution >= 0.6 is 11.3 Å². The van der Waals surface area contributed by atoms with Crippen molar-refractivity contribution in [1.29, 1.82) is 0 Å². The van der Waals surface area contributed by atoms with Crippen LogP contribution in [-0.4, -0.2) is 59.5 Å². The maximum absolute atomic E-state index is 16.0. The number of nitrogens with zero attached hydrogens (tertiary/aromatic N) is 6. The molecule has 0 unspecified atom stereocenters. The van der Waals surface area contributed by atoms with Crippen LogP contribution in [0.3, 0.4) is 0 Å². The molecule has 1 N–H and O–H groups in total. The molecular weight excluding hydrogens is 591 g/mol. The molecule has 0 fully saturated rings. The van der Waals surface area contributed by atoms with Gasteiger partial charge in [0.15, 0.2) is 0 Å². The van der Waals surface area contributed by atoms with E-state index in [-0.39, 0.29) is 24.1 Å². The summed E-state index contributed by atoms with van der Waals surface area (Å²) in [5.41, 5.74) is 6.14. The standard InChI is InChI=1S/C34H31FN6O3S/c1-5-29(43)40-12-13-41-27(20(40)3)16-25(38-41)33-31(30-23(35)7-6-8-28(30)44-17-19(2)42)34-22(11-14-45-34)32(37-33)21-9-10-26-24(15-21)36-18-39(26)4/h5-11,14-16,18-20,42H,1,12-13,17H2,2-4H3/t19-,20+/m1/s1. The van der Waals surface area contributed by atoms with Gasteiger partial charge in [0.1, 0.15) is 29.6 Å². The minimum atomic E-state index is -0.744. The van der Waals surface area contributed by atoms with E-state index in [1.165, 1.54) is 23.5 Å². The minimum absolute atomic E-state index is 0.00156. The lowest BCUT2D eigenvalue weighted by Gasteiger charge is -2.33. The van der Waals surface area contributed by atoms with Crippen molar-refractivity contribution < 1.29 is 19.0 Å². The van der Waals surface area contributed by atoms with Gasteiger partial charge in [-0.1, -0.05) is 18.7 Å². The highest BCUT2D eigenvalue weighted by Crippen LogP contribution is 2.47. The van der Waals surface area contributed by atoms with E-state index in [0.29, 0.717) is 35.8 Å². The molecule has 4 aromatic heterocycles. The molecular formula is C34H31FN6O3S. The van der Waals surface area contributed by atoms with Crippen molar-refractivity contribution in [3.63, 3.8) is 0 Å². The quantitative estimate of drug-likeness (QED) is 0.208. The third-order valence-electron chi connectivity index (χ3n) is 8.27. The number of aliphatic hydroxyl groups excluding tert-OH is 1. The van der Waals surface area contributed by atoms with Crippen LogP contribution in [0, 0.1) is 5.82 Å². The third kappa shape index (κ3) is 4.88. The van der Waals surface area contributed by atoms with E-state index < -0.39 is 11.9 Å². The summed E-state index contributed by atoms with van der Waals surface area (Å²) in [6.07, 6.45) is 2.36. The largest absolute Gasteiger partial charge is 0.490 e. The summed E-state index contributed by atoms with van der Waals surface area (Å²) in [4.78, 5) is 24.1. The monoisotopic (exact) mass is 622 g/mol. The van der Waals surface area contributed by atoms with E-state index >= 15 is 4.39 Å². The van der Waals surface area contributed by atoms with Gasteiger partial charge in [0.2, 0.25) is 5.91 Å². The zero-order valence-corrected chi connectivity index (χ0v) is 25.9. The predicted molar refractivity (Wildman–Crippen MR) is 173 cm³/mol. The zero-order chi connectivity index (χ0) is 31.4. The van der Waals surface area contributed by atoms with Crippen LogP contribution in [0.4, 0.5) is 4.39 Å². The first kappa shape index (κ1) is 28.9. The number of halogens is 1. The van der Waals surface area contributed by atoms with Crippen LogP contribution in [-0.2, 0) is 18.4 Å². The number of aromatic nitrogens is 5. The maximum Gasteiger partial charge on any atom is 0.246 e. The molecule has 11 heteroatoms. The number of carbonyl (C=O) groups excluding carboxylic acids is 1. The first-order chi connectivity index (χ1) is 21.7. The number of imidazole rings is 1. The molecule has 0 bridgehead atoms. The number of ether oxygens (including phenoxy) is 1. The number of benzene rings is 2. The topological polar surface area (TPSA) is 98.3 Å². The second kappa shape index (κ2) is 11.2. The summed E-state index contributed by atoms with van der Waals surface area (Å²) >= 11 is 1.49. The number of amides is 1. The van der Waals surface area contributed by atoms with Crippen molar-refractivity contribution >= 4 is 38.4 Å². The number of pyridine rings is 1. The first-order valence-corrected chi connectivity index (χ1v) is 15.6. The van der Waals surface area contributed by atoms with Crippen molar-refractivity contribution in [2.75, 3.05) is 13.2 Å². The lowest BCUT2D eigenvalue weighted by Crippen LogP contribution is -2.40. The summed E-state index contributed by atoms with van der Waals surface area (Å²) < 4.78 is 26.6. The SMILES string of the molecule is C=CC(=O)N1CCn2nc(-c3nc(-c4ccc5c(c4)ncn5C)c4ccsc4c3-c3c(F)cccc3OC[C@@H](C)O)cc2[C@@H]1C. The molecule has 2 aromatic carbocycles. The Morgan fingerprint density at radius 1 is 1.20 bits per heavy atom. The summed E-state index contributed by atoms with van der Waals surface area (Å²) in [6, 6.07) is 14.4. The fourth-order valence-corrected chi connectivity index (χ4v) is 7.01. The molecule has 0 radical (unpaired) electrons. The molecule has 6 aromatic rings. The van der Waals surface area contributed by atoms with E-state index in [1.807, 2.05) is 58.9 Å². The van der Waals surface area contributed by atoms with E-state index in [9.17, 15) is 9.90 Å². The van der Waals surface area contributed by atoms with Crippen LogP contribution in [0.5, 0.6) is 5.75 Å². The van der Waals surface area contributed by atoms with Crippen molar-refractivity contribution in [2.24, 2.45) is 7.05 Å². The summed E-state index contributed by atoms with van der Waals surface area (Å²) in [5.74, 6) is -0.316. The van der Waals surface area contributed by atoms with Crippen LogP contribution < -0.4 is 4.74 Å². The zero-order valence-electron chi connectivity index (χ0n) is 25.1. The van der Waals surface area contributed by atoms with E-state index in [4.69, 9.17) is 14.8 Å². The highest BCUT2D eigenvalue weighted by atomic mass is 32.1. The molecule has 0 aliphatic carbocycles. The second-order valence-corrected chi connectivity index (χ2v) is 12.2. The van der Waals surface area contributed by atoms with E-state index in [2.05, 4.69) is 11.6 Å². The highest BCUT2D eigenvalue weighted by Gasteiger charge is 2.31. The maximum atomic E-state index is 16.0. The Hall–Kier alpha value is -4.87. The predicted octanol–water partition coefficient (Wildman–Crippen LogP) is 6.37. The van der Waals surface area contributed by atoms with Gasteiger partial charge in [0, 0.05) is 34.8 Å². The van der Waals surface area contributed by atoms with Gasteiger partial charge in [0.05, 0.1) is 53.0 Å². The van der Waals surface area contributed by atoms with Gasteiger partial charge in [0.25, 0.3) is 0 Å². The molecule has 0 saturated heterocycles. The Labute approximate surface area is 262 Å². The van der Waals surface area contributed by atoms with Crippen molar-refractivity contribution in [3.8, 4) is 39.5 Å². The highest BCUT2D eigenvalue weighted by molar-refractivity contribution is 7.18. The Kier molecular flexibility index (Phi) is 7.22. The van der Waals surface area contributed by atoms with Gasteiger partial charge < -0.3 is 19.3 Å². The van der Waals surface area contributed by atoms with Crippen LogP contribution in [0.2, 0.25) is 0 Å². The van der Waals surface area contributed by atoms with Crippen LogP contribution in [0.15, 0.2) is 72.9 Å². The lowest BCUT2D eigenvalue weighted by molar-refractivity contribution is -0.129. The van der Waals surface area contributed by atoms with Gasteiger partial charge in [-0.05, 0) is 61.7 Å². The molecule has 1 amide bonds. The Balaban J connectivity index is 1.50. The molecule has 45 heavy (non-hydrogen) atoms. The molecule has 5 heterocycles. The summed E-state index contributed by atoms with van der Waals surface area (Å²) in [5, 5.41) is 17.8. The second-order valence-electron chi connectivity index (χ2n) is 11.3. The molecule has 7 rings (SSSR count). The number of carbonyl (C=O) groups is 1. The lowest BCUT2D eigenvalue weighted by atomic mass is 9.96. The first-order valence-electron chi connectivity index (χ1n) is 14.7. The molecule has 1 aliphatic rings.